The molecule has 1 fully saturated rings. The van der Waals surface area contributed by atoms with Crippen molar-refractivity contribution in [3.63, 3.8) is 0 Å². The summed E-state index contributed by atoms with van der Waals surface area (Å²) in [7, 11) is 3.54. The zero-order valence-corrected chi connectivity index (χ0v) is 17.9. The van der Waals surface area contributed by atoms with Crippen LogP contribution in [0.15, 0.2) is 35.3 Å². The number of rotatable bonds is 8. The van der Waals surface area contributed by atoms with Crippen molar-refractivity contribution in [2.24, 2.45) is 20.0 Å². The van der Waals surface area contributed by atoms with Crippen LogP contribution in [0.5, 0.6) is 5.88 Å². The van der Waals surface area contributed by atoms with Gasteiger partial charge in [0, 0.05) is 43.9 Å². The lowest BCUT2D eigenvalue weighted by Gasteiger charge is -2.11. The summed E-state index contributed by atoms with van der Waals surface area (Å²) in [6, 6.07) is 7.91. The van der Waals surface area contributed by atoms with E-state index in [0.29, 0.717) is 36.6 Å². The molecule has 3 aromatic heterocycles. The summed E-state index contributed by atoms with van der Waals surface area (Å²) >= 11 is 0. The van der Waals surface area contributed by atoms with Gasteiger partial charge in [0.05, 0.1) is 24.5 Å². The molecule has 1 saturated carbocycles. The second kappa shape index (κ2) is 8.30. The van der Waals surface area contributed by atoms with Gasteiger partial charge in [0.15, 0.2) is 0 Å². The van der Waals surface area contributed by atoms with Gasteiger partial charge >= 0.3 is 0 Å². The van der Waals surface area contributed by atoms with Crippen LogP contribution in [-0.4, -0.2) is 31.2 Å². The first-order valence-corrected chi connectivity index (χ1v) is 10.3. The van der Waals surface area contributed by atoms with E-state index in [9.17, 15) is 4.79 Å². The highest BCUT2D eigenvalue weighted by Gasteiger charge is 2.40. The van der Waals surface area contributed by atoms with Crippen LogP contribution >= 0.6 is 0 Å². The number of anilines is 1. The van der Waals surface area contributed by atoms with Crippen LogP contribution in [0.1, 0.15) is 41.9 Å². The average Bonchev–Trinajstić information content (AvgIpc) is 3.42. The van der Waals surface area contributed by atoms with Gasteiger partial charge < -0.3 is 10.1 Å². The fourth-order valence-electron chi connectivity index (χ4n) is 3.56. The Balaban J connectivity index is 1.38. The molecule has 0 amide bonds. The Labute approximate surface area is 175 Å². The highest BCUT2D eigenvalue weighted by molar-refractivity contribution is 5.43. The molecule has 4 rings (SSSR count). The minimum atomic E-state index is -0.187. The zero-order chi connectivity index (χ0) is 21.3. The van der Waals surface area contributed by atoms with Crippen molar-refractivity contribution in [2.75, 3.05) is 11.9 Å². The lowest BCUT2D eigenvalue weighted by Crippen LogP contribution is -2.24. The van der Waals surface area contributed by atoms with Crippen molar-refractivity contribution in [1.82, 2.24) is 24.5 Å². The van der Waals surface area contributed by atoms with Crippen LogP contribution in [0.4, 0.5) is 5.69 Å². The molecule has 30 heavy (non-hydrogen) atoms. The maximum Gasteiger partial charge on any atom is 0.290 e. The lowest BCUT2D eigenvalue weighted by atomic mass is 10.2. The number of aryl methyl sites for hydroxylation is 4. The van der Waals surface area contributed by atoms with Gasteiger partial charge in [-0.15, -0.1) is 5.10 Å². The van der Waals surface area contributed by atoms with E-state index in [1.54, 1.807) is 13.1 Å². The third-order valence-electron chi connectivity index (χ3n) is 5.57. The third-order valence-corrected chi connectivity index (χ3v) is 5.57. The van der Waals surface area contributed by atoms with Gasteiger partial charge in [-0.3, -0.25) is 14.5 Å². The van der Waals surface area contributed by atoms with Crippen molar-refractivity contribution in [3.05, 3.63) is 63.5 Å². The molecule has 2 unspecified atom stereocenters. The van der Waals surface area contributed by atoms with Gasteiger partial charge in [-0.25, -0.2) is 4.68 Å². The molecule has 1 aliphatic rings. The second-order valence-electron chi connectivity index (χ2n) is 7.96. The highest BCUT2D eigenvalue weighted by atomic mass is 16.5. The van der Waals surface area contributed by atoms with Crippen LogP contribution in [0.3, 0.4) is 0 Å². The van der Waals surface area contributed by atoms with Crippen molar-refractivity contribution in [2.45, 2.75) is 39.2 Å². The molecule has 2 atom stereocenters. The molecule has 0 saturated heterocycles. The van der Waals surface area contributed by atoms with E-state index in [0.717, 1.165) is 29.9 Å². The summed E-state index contributed by atoms with van der Waals surface area (Å²) in [6.45, 7) is 5.18. The van der Waals surface area contributed by atoms with Gasteiger partial charge in [0.2, 0.25) is 5.88 Å². The fraction of sp³-hybridized carbons (Fsp3) is 0.455. The summed E-state index contributed by atoms with van der Waals surface area (Å²) in [5.41, 5.74) is 4.61. The predicted octanol–water partition coefficient (Wildman–Crippen LogP) is 2.57. The van der Waals surface area contributed by atoms with Crippen LogP contribution in [0.25, 0.3) is 0 Å². The van der Waals surface area contributed by atoms with Gasteiger partial charge in [-0.05, 0) is 37.5 Å². The second-order valence-corrected chi connectivity index (χ2v) is 7.96. The van der Waals surface area contributed by atoms with E-state index in [2.05, 4.69) is 39.6 Å². The minimum absolute atomic E-state index is 0.187. The Morgan fingerprint density at radius 3 is 2.73 bits per heavy atom. The molecule has 1 N–H and O–H groups in total. The van der Waals surface area contributed by atoms with Crippen LogP contribution < -0.4 is 15.6 Å². The Morgan fingerprint density at radius 2 is 2.03 bits per heavy atom. The van der Waals surface area contributed by atoms with Gasteiger partial charge in [-0.1, -0.05) is 13.0 Å². The van der Waals surface area contributed by atoms with Gasteiger partial charge in [-0.2, -0.15) is 5.10 Å². The quantitative estimate of drug-likeness (QED) is 0.616. The topological polar surface area (TPSA) is 86.9 Å². The summed E-state index contributed by atoms with van der Waals surface area (Å²) in [4.78, 5) is 17.0. The molecule has 0 spiro atoms. The Bertz CT molecular complexity index is 1090. The molecule has 158 valence electrons. The summed E-state index contributed by atoms with van der Waals surface area (Å²) in [6.07, 6.45) is 3.85. The van der Waals surface area contributed by atoms with Crippen LogP contribution in [0.2, 0.25) is 0 Å². The normalized spacial score (nSPS) is 17.7. The molecule has 0 radical (unpaired) electrons. The molecule has 0 bridgehead atoms. The summed E-state index contributed by atoms with van der Waals surface area (Å²) in [5, 5.41) is 11.9. The Kier molecular flexibility index (Phi) is 5.57. The highest BCUT2D eigenvalue weighted by Crippen LogP contribution is 2.46. The van der Waals surface area contributed by atoms with E-state index in [4.69, 9.17) is 4.74 Å². The minimum Gasteiger partial charge on any atom is -0.476 e. The van der Waals surface area contributed by atoms with Crippen molar-refractivity contribution >= 4 is 5.69 Å². The SMILES string of the molecule is CCc1cc(CNc2cc(OCC3CC3c3ccc(C)cn3)nn(C)c2=O)n(C)n1. The summed E-state index contributed by atoms with van der Waals surface area (Å²) in [5.74, 6) is 1.31. The predicted molar refractivity (Wildman–Crippen MR) is 115 cm³/mol. The van der Waals surface area contributed by atoms with Crippen molar-refractivity contribution in [3.8, 4) is 5.88 Å². The number of hydrogen-bond donors (Lipinski definition) is 1. The molecule has 8 heteroatoms. The average molecular weight is 409 g/mol. The van der Waals surface area contributed by atoms with Crippen molar-refractivity contribution < 1.29 is 4.74 Å². The van der Waals surface area contributed by atoms with E-state index >= 15 is 0 Å². The number of aromatic nitrogens is 5. The smallest absolute Gasteiger partial charge is 0.290 e. The van der Waals surface area contributed by atoms with Crippen LogP contribution in [-0.2, 0) is 27.1 Å². The lowest BCUT2D eigenvalue weighted by molar-refractivity contribution is 0.278. The molecule has 8 nitrogen and oxygen atoms in total. The van der Waals surface area contributed by atoms with Gasteiger partial charge in [0.1, 0.15) is 5.69 Å². The fourth-order valence-corrected chi connectivity index (χ4v) is 3.56. The Morgan fingerprint density at radius 1 is 1.20 bits per heavy atom. The maximum atomic E-state index is 12.5. The number of nitrogens with one attached hydrogen (secondary N) is 1. The first-order valence-electron chi connectivity index (χ1n) is 10.3. The monoisotopic (exact) mass is 408 g/mol. The molecule has 3 aromatic rings. The molecular formula is C22H28N6O2. The standard InChI is InChI=1S/C22H28N6O2/c1-5-16-9-17(27(3)25-16)12-24-20-10-21(26-28(4)22(20)29)30-13-15-8-18(15)19-7-6-14(2)11-23-19/h6-7,9-11,15,18,24H,5,8,12-13H2,1-4H3. The maximum absolute atomic E-state index is 12.5. The number of ether oxygens (including phenoxy) is 1. The number of hydrogen-bond acceptors (Lipinski definition) is 6. The largest absolute Gasteiger partial charge is 0.476 e. The van der Waals surface area contributed by atoms with Crippen molar-refractivity contribution in [1.29, 1.82) is 0 Å². The number of pyridine rings is 1. The molecule has 1 aliphatic carbocycles. The van der Waals surface area contributed by atoms with E-state index in [-0.39, 0.29) is 5.56 Å². The first kappa shape index (κ1) is 20.1. The zero-order valence-electron chi connectivity index (χ0n) is 17.9. The van der Waals surface area contributed by atoms with Crippen LogP contribution in [0, 0.1) is 12.8 Å². The molecule has 0 aliphatic heterocycles. The van der Waals surface area contributed by atoms with E-state index in [1.807, 2.05) is 30.9 Å². The Hall–Kier alpha value is -3.16. The van der Waals surface area contributed by atoms with E-state index in [1.165, 1.54) is 10.2 Å². The number of nitrogens with zero attached hydrogens (tertiary/aromatic N) is 5. The first-order chi connectivity index (χ1) is 14.4. The third kappa shape index (κ3) is 4.37. The molecular weight excluding hydrogens is 380 g/mol. The van der Waals surface area contributed by atoms with Gasteiger partial charge in [0.25, 0.3) is 5.56 Å². The molecule has 0 aromatic carbocycles. The summed E-state index contributed by atoms with van der Waals surface area (Å²) < 4.78 is 9.07. The molecule has 3 heterocycles. The van der Waals surface area contributed by atoms with E-state index < -0.39 is 0 Å².